The summed E-state index contributed by atoms with van der Waals surface area (Å²) in [5.41, 5.74) is -0.371. The van der Waals surface area contributed by atoms with E-state index in [2.05, 4.69) is 4.98 Å². The third-order valence-electron chi connectivity index (χ3n) is 5.26. The SMILES string of the molecule is CO[C@@]12CC[C@@H](OCC(=O)O)C[C@@H]1N(C(=O)c1nccn1C)CC2. The maximum Gasteiger partial charge on any atom is 0.329 e. The maximum atomic E-state index is 12.9. The van der Waals surface area contributed by atoms with Gasteiger partial charge in [-0.2, -0.15) is 0 Å². The van der Waals surface area contributed by atoms with Crippen LogP contribution in [0.3, 0.4) is 0 Å². The molecule has 1 amide bonds. The van der Waals surface area contributed by atoms with Gasteiger partial charge in [-0.1, -0.05) is 0 Å². The highest BCUT2D eigenvalue weighted by molar-refractivity contribution is 5.91. The van der Waals surface area contributed by atoms with Crippen LogP contribution in [0.25, 0.3) is 0 Å². The first-order valence-corrected chi connectivity index (χ1v) is 8.13. The Labute approximate surface area is 140 Å². The van der Waals surface area contributed by atoms with Crippen LogP contribution < -0.4 is 0 Å². The van der Waals surface area contributed by atoms with Crippen LogP contribution in [0.4, 0.5) is 0 Å². The van der Waals surface area contributed by atoms with Crippen molar-refractivity contribution in [2.24, 2.45) is 7.05 Å². The number of hydrogen-bond acceptors (Lipinski definition) is 5. The second kappa shape index (κ2) is 6.52. The van der Waals surface area contributed by atoms with Crippen molar-refractivity contribution < 1.29 is 24.2 Å². The molecule has 1 saturated carbocycles. The van der Waals surface area contributed by atoms with Crippen LogP contribution in [-0.4, -0.2) is 69.4 Å². The number of amides is 1. The second-order valence-electron chi connectivity index (χ2n) is 6.50. The molecule has 1 aromatic rings. The average molecular weight is 337 g/mol. The highest BCUT2D eigenvalue weighted by atomic mass is 16.5. The van der Waals surface area contributed by atoms with Gasteiger partial charge in [-0.25, -0.2) is 9.78 Å². The molecule has 2 heterocycles. The quantitative estimate of drug-likeness (QED) is 0.849. The van der Waals surface area contributed by atoms with Crippen LogP contribution in [0.15, 0.2) is 12.4 Å². The van der Waals surface area contributed by atoms with Crippen molar-refractivity contribution in [3.05, 3.63) is 18.2 Å². The second-order valence-corrected chi connectivity index (χ2v) is 6.50. The molecule has 0 bridgehead atoms. The number of carbonyl (C=O) groups is 2. The van der Waals surface area contributed by atoms with E-state index in [1.807, 2.05) is 4.90 Å². The summed E-state index contributed by atoms with van der Waals surface area (Å²) >= 11 is 0. The molecule has 24 heavy (non-hydrogen) atoms. The summed E-state index contributed by atoms with van der Waals surface area (Å²) in [5, 5.41) is 8.80. The zero-order chi connectivity index (χ0) is 17.3. The third kappa shape index (κ3) is 2.91. The molecule has 1 aromatic heterocycles. The molecule has 2 aliphatic rings. The lowest BCUT2D eigenvalue weighted by molar-refractivity contribution is -0.148. The number of imidazole rings is 1. The topological polar surface area (TPSA) is 93.9 Å². The number of aryl methyl sites for hydroxylation is 1. The van der Waals surface area contributed by atoms with Crippen LogP contribution in [-0.2, 0) is 21.3 Å². The van der Waals surface area contributed by atoms with Gasteiger partial charge in [-0.3, -0.25) is 4.79 Å². The summed E-state index contributed by atoms with van der Waals surface area (Å²) in [5.74, 6) is -0.702. The minimum absolute atomic E-state index is 0.120. The minimum atomic E-state index is -0.981. The molecule has 1 saturated heterocycles. The normalized spacial score (nSPS) is 29.5. The molecular formula is C16H23N3O5. The maximum absolute atomic E-state index is 12.9. The van der Waals surface area contributed by atoms with E-state index in [9.17, 15) is 9.59 Å². The van der Waals surface area contributed by atoms with E-state index in [0.29, 0.717) is 18.8 Å². The molecule has 0 spiro atoms. The summed E-state index contributed by atoms with van der Waals surface area (Å²) in [6, 6.07) is -0.126. The van der Waals surface area contributed by atoms with Crippen molar-refractivity contribution in [2.75, 3.05) is 20.3 Å². The van der Waals surface area contributed by atoms with E-state index in [1.54, 1.807) is 31.1 Å². The molecule has 1 aliphatic carbocycles. The van der Waals surface area contributed by atoms with Crippen molar-refractivity contribution in [2.45, 2.75) is 43.4 Å². The zero-order valence-corrected chi connectivity index (χ0v) is 14.0. The number of carboxylic acids is 1. The van der Waals surface area contributed by atoms with Gasteiger partial charge in [0.15, 0.2) is 5.82 Å². The van der Waals surface area contributed by atoms with Crippen LogP contribution in [0, 0.1) is 0 Å². The number of ether oxygens (including phenoxy) is 2. The monoisotopic (exact) mass is 337 g/mol. The first-order chi connectivity index (χ1) is 11.5. The van der Waals surface area contributed by atoms with Crippen LogP contribution in [0.1, 0.15) is 36.3 Å². The van der Waals surface area contributed by atoms with E-state index < -0.39 is 5.97 Å². The van der Waals surface area contributed by atoms with Gasteiger partial charge < -0.3 is 24.0 Å². The molecule has 1 N–H and O–H groups in total. The van der Waals surface area contributed by atoms with Gasteiger partial charge in [-0.05, 0) is 25.7 Å². The summed E-state index contributed by atoms with van der Waals surface area (Å²) < 4.78 is 13.0. The van der Waals surface area contributed by atoms with Crippen molar-refractivity contribution in [1.29, 1.82) is 0 Å². The zero-order valence-electron chi connectivity index (χ0n) is 14.0. The third-order valence-corrected chi connectivity index (χ3v) is 5.26. The number of carbonyl (C=O) groups excluding carboxylic acids is 1. The first kappa shape index (κ1) is 16.9. The fourth-order valence-electron chi connectivity index (χ4n) is 3.95. The average Bonchev–Trinajstić information content (AvgIpc) is 3.16. The Morgan fingerprint density at radius 1 is 1.46 bits per heavy atom. The van der Waals surface area contributed by atoms with Gasteiger partial charge in [0.2, 0.25) is 0 Å². The van der Waals surface area contributed by atoms with E-state index in [-0.39, 0.29) is 30.3 Å². The van der Waals surface area contributed by atoms with E-state index >= 15 is 0 Å². The lowest BCUT2D eigenvalue weighted by Crippen LogP contribution is -2.53. The molecule has 8 heteroatoms. The number of carboxylic acid groups (broad SMARTS) is 1. The van der Waals surface area contributed by atoms with Gasteiger partial charge in [0.1, 0.15) is 6.61 Å². The van der Waals surface area contributed by atoms with E-state index in [1.165, 1.54) is 0 Å². The Morgan fingerprint density at radius 3 is 2.88 bits per heavy atom. The fraction of sp³-hybridized carbons (Fsp3) is 0.688. The lowest BCUT2D eigenvalue weighted by atomic mass is 9.79. The summed E-state index contributed by atoms with van der Waals surface area (Å²) in [6.45, 7) is 0.292. The van der Waals surface area contributed by atoms with Gasteiger partial charge in [0, 0.05) is 33.1 Å². The fourth-order valence-corrected chi connectivity index (χ4v) is 3.95. The predicted octanol–water partition coefficient (Wildman–Crippen LogP) is 0.673. The Kier molecular flexibility index (Phi) is 4.60. The summed E-state index contributed by atoms with van der Waals surface area (Å²) in [4.78, 5) is 29.6. The summed E-state index contributed by atoms with van der Waals surface area (Å²) in [6.07, 6.45) is 6.01. The van der Waals surface area contributed by atoms with Crippen LogP contribution in [0.5, 0.6) is 0 Å². The largest absolute Gasteiger partial charge is 0.480 e. The first-order valence-electron chi connectivity index (χ1n) is 8.13. The molecule has 8 nitrogen and oxygen atoms in total. The van der Waals surface area contributed by atoms with Crippen LogP contribution in [0.2, 0.25) is 0 Å². The molecule has 1 aliphatic heterocycles. The Hall–Kier alpha value is -1.93. The number of hydrogen-bond donors (Lipinski definition) is 1. The van der Waals surface area contributed by atoms with E-state index in [0.717, 1.165) is 19.3 Å². The molecule has 132 valence electrons. The molecular weight excluding hydrogens is 314 g/mol. The van der Waals surface area contributed by atoms with Gasteiger partial charge in [-0.15, -0.1) is 0 Å². The predicted molar refractivity (Wildman–Crippen MR) is 83.6 cm³/mol. The molecule has 2 fully saturated rings. The number of aliphatic carboxylic acids is 1. The van der Waals surface area contributed by atoms with Gasteiger partial charge in [0.25, 0.3) is 5.91 Å². The number of aromatic nitrogens is 2. The van der Waals surface area contributed by atoms with Crippen molar-refractivity contribution in [3.63, 3.8) is 0 Å². The Morgan fingerprint density at radius 2 is 2.25 bits per heavy atom. The van der Waals surface area contributed by atoms with Crippen molar-refractivity contribution in [3.8, 4) is 0 Å². The number of fused-ring (bicyclic) bond motifs is 1. The lowest BCUT2D eigenvalue weighted by Gasteiger charge is -2.43. The molecule has 3 atom stereocenters. The number of likely N-dealkylation sites (tertiary alicyclic amines) is 1. The van der Waals surface area contributed by atoms with Crippen molar-refractivity contribution in [1.82, 2.24) is 14.5 Å². The van der Waals surface area contributed by atoms with Gasteiger partial charge >= 0.3 is 5.97 Å². The van der Waals surface area contributed by atoms with Crippen molar-refractivity contribution >= 4 is 11.9 Å². The molecule has 0 aromatic carbocycles. The van der Waals surface area contributed by atoms with Gasteiger partial charge in [0.05, 0.1) is 17.7 Å². The molecule has 0 unspecified atom stereocenters. The van der Waals surface area contributed by atoms with E-state index in [4.69, 9.17) is 14.6 Å². The standard InChI is InChI=1S/C16H23N3O5/c1-18-8-6-17-14(18)15(22)19-7-5-16(23-2)4-3-11(9-12(16)19)24-10-13(20)21/h6,8,11-12H,3-5,7,9-10H2,1-2H3,(H,20,21)/t11-,12+,16-/m1/s1. The Balaban J connectivity index is 1.78. The minimum Gasteiger partial charge on any atom is -0.480 e. The Bertz CT molecular complexity index is 631. The summed E-state index contributed by atoms with van der Waals surface area (Å²) in [7, 11) is 3.47. The highest BCUT2D eigenvalue weighted by Gasteiger charge is 2.53. The smallest absolute Gasteiger partial charge is 0.329 e. The number of nitrogens with zero attached hydrogens (tertiary/aromatic N) is 3. The molecule has 3 rings (SSSR count). The highest BCUT2D eigenvalue weighted by Crippen LogP contribution is 2.43. The molecule has 0 radical (unpaired) electrons. The number of rotatable bonds is 5. The number of methoxy groups -OCH3 is 1. The van der Waals surface area contributed by atoms with Crippen LogP contribution >= 0.6 is 0 Å².